The fourth-order valence-electron chi connectivity index (χ4n) is 10.2. The largest absolute Gasteiger partial charge is 0.463 e. The maximum Gasteiger partial charge on any atom is 0.302 e. The lowest BCUT2D eigenvalue weighted by Crippen LogP contribution is -2.63. The summed E-state index contributed by atoms with van der Waals surface area (Å²) < 4.78 is 5.69. The van der Waals surface area contributed by atoms with Gasteiger partial charge < -0.3 is 4.74 Å². The van der Waals surface area contributed by atoms with E-state index in [1.807, 2.05) is 0 Å². The van der Waals surface area contributed by atoms with E-state index in [9.17, 15) is 4.79 Å². The van der Waals surface area contributed by atoms with Gasteiger partial charge in [0.2, 0.25) is 0 Å². The average Bonchev–Trinajstić information content (AvgIpc) is 3.00. The summed E-state index contributed by atoms with van der Waals surface area (Å²) in [4.78, 5) is 11.6. The minimum Gasteiger partial charge on any atom is -0.463 e. The molecule has 0 saturated heterocycles. The van der Waals surface area contributed by atoms with Gasteiger partial charge in [-0.3, -0.25) is 4.79 Å². The van der Waals surface area contributed by atoms with Gasteiger partial charge in [-0.25, -0.2) is 0 Å². The number of carbonyl (C=O) groups excluding carboxylic acids is 1. The van der Waals surface area contributed by atoms with Crippen LogP contribution in [0.1, 0.15) is 113 Å². The second kappa shape index (κ2) is 8.56. The normalized spacial score (nSPS) is 48.0. The summed E-state index contributed by atoms with van der Waals surface area (Å²) in [5.41, 5.74) is 2.84. The molecule has 0 heterocycles. The zero-order valence-corrected chi connectivity index (χ0v) is 22.6. The van der Waals surface area contributed by atoms with Crippen LogP contribution in [0.3, 0.4) is 0 Å². The first-order valence-electron chi connectivity index (χ1n) is 13.9. The predicted molar refractivity (Wildman–Crippen MR) is 138 cm³/mol. The number of esters is 1. The number of hydrogen-bond acceptors (Lipinski definition) is 2. The monoisotopic (exact) mass is 454 g/mol. The van der Waals surface area contributed by atoms with Gasteiger partial charge in [-0.2, -0.15) is 0 Å². The first kappa shape index (κ1) is 25.1. The highest BCUT2D eigenvalue weighted by molar-refractivity contribution is 5.66. The van der Waals surface area contributed by atoms with Crippen molar-refractivity contribution >= 4 is 5.97 Å². The maximum absolute atomic E-state index is 11.6. The van der Waals surface area contributed by atoms with E-state index < -0.39 is 0 Å². The number of rotatable bonds is 5. The van der Waals surface area contributed by atoms with Gasteiger partial charge in [-0.1, -0.05) is 58.9 Å². The number of allylic oxidation sites excluding steroid dienone is 3. The van der Waals surface area contributed by atoms with Crippen molar-refractivity contribution < 1.29 is 9.53 Å². The number of fused-ring (bicyclic) bond motifs is 5. The molecular formula is C31H50O2. The molecule has 186 valence electrons. The summed E-state index contributed by atoms with van der Waals surface area (Å²) in [5.74, 6) is 2.97. The second-order valence-corrected chi connectivity index (χ2v) is 13.6. The SMILES string of the molecule is C=C(C)C=CC[C@@H](C)[C@H]1CC[C@]2(C)[C@]1(C)CC[C@@H]1[C@@]3(C)CCC(OC(C)=O)CC3CC[C@]12C. The molecule has 0 aromatic carbocycles. The molecule has 0 aliphatic heterocycles. The van der Waals surface area contributed by atoms with E-state index in [-0.39, 0.29) is 12.1 Å². The number of hydrogen-bond donors (Lipinski definition) is 0. The highest BCUT2D eigenvalue weighted by atomic mass is 16.5. The molecule has 0 spiro atoms. The summed E-state index contributed by atoms with van der Waals surface area (Å²) in [6.45, 7) is 20.9. The van der Waals surface area contributed by atoms with Gasteiger partial charge >= 0.3 is 5.97 Å². The van der Waals surface area contributed by atoms with E-state index in [2.05, 4.69) is 60.3 Å². The van der Waals surface area contributed by atoms with E-state index in [4.69, 9.17) is 4.74 Å². The van der Waals surface area contributed by atoms with Crippen LogP contribution in [0, 0.1) is 45.3 Å². The van der Waals surface area contributed by atoms with Gasteiger partial charge in [-0.05, 0) is 116 Å². The first-order valence-corrected chi connectivity index (χ1v) is 13.9. The lowest BCUT2D eigenvalue weighted by Gasteiger charge is -2.70. The Morgan fingerprint density at radius 2 is 1.70 bits per heavy atom. The molecule has 4 aliphatic rings. The zero-order valence-electron chi connectivity index (χ0n) is 22.6. The Balaban J connectivity index is 1.57. The van der Waals surface area contributed by atoms with Crippen LogP contribution in [0.5, 0.6) is 0 Å². The first-order chi connectivity index (χ1) is 15.4. The molecule has 0 N–H and O–H groups in total. The molecule has 4 saturated carbocycles. The van der Waals surface area contributed by atoms with Crippen molar-refractivity contribution in [1.82, 2.24) is 0 Å². The van der Waals surface area contributed by atoms with Gasteiger partial charge in [-0.15, -0.1) is 0 Å². The van der Waals surface area contributed by atoms with Crippen molar-refractivity contribution in [3.8, 4) is 0 Å². The molecule has 4 rings (SSSR count). The predicted octanol–water partition coefficient (Wildman–Crippen LogP) is 8.52. The molecule has 2 unspecified atom stereocenters. The van der Waals surface area contributed by atoms with Gasteiger partial charge in [0.25, 0.3) is 0 Å². The molecule has 0 aromatic heterocycles. The van der Waals surface area contributed by atoms with E-state index in [1.54, 1.807) is 6.92 Å². The summed E-state index contributed by atoms with van der Waals surface area (Å²) in [5, 5.41) is 0. The molecule has 0 bridgehead atoms. The lowest BCUT2D eigenvalue weighted by molar-refractivity contribution is -0.218. The molecule has 9 atom stereocenters. The van der Waals surface area contributed by atoms with Crippen LogP contribution in [0.2, 0.25) is 0 Å². The highest BCUT2D eigenvalue weighted by Gasteiger charge is 2.70. The third-order valence-electron chi connectivity index (χ3n) is 12.2. The molecule has 0 radical (unpaired) electrons. The smallest absolute Gasteiger partial charge is 0.302 e. The Bertz CT molecular complexity index is 812. The Morgan fingerprint density at radius 1 is 1.00 bits per heavy atom. The van der Waals surface area contributed by atoms with E-state index in [0.29, 0.717) is 27.6 Å². The molecule has 2 nitrogen and oxygen atoms in total. The van der Waals surface area contributed by atoms with Crippen LogP contribution in [-0.2, 0) is 9.53 Å². The topological polar surface area (TPSA) is 26.3 Å². The Labute approximate surface area is 204 Å². The Kier molecular flexibility index (Phi) is 6.50. The Morgan fingerprint density at radius 3 is 2.36 bits per heavy atom. The van der Waals surface area contributed by atoms with E-state index in [1.165, 1.54) is 51.4 Å². The maximum atomic E-state index is 11.6. The summed E-state index contributed by atoms with van der Waals surface area (Å²) in [6, 6.07) is 0. The van der Waals surface area contributed by atoms with Crippen LogP contribution in [0.4, 0.5) is 0 Å². The standard InChI is InChI=1S/C31H50O2/c1-21(2)10-9-11-22(3)26-14-19-31(8)29(26,6)18-15-27-28(5)16-13-25(33-23(4)32)20-24(28)12-17-30(27,31)7/h9-10,22,24-27H,1,11-20H2,2-8H3/t22-,24?,25?,26-,27-,28+,29-,30-,31-/m1/s1. The van der Waals surface area contributed by atoms with Crippen molar-refractivity contribution in [3.63, 3.8) is 0 Å². The number of carbonyl (C=O) groups is 1. The minimum absolute atomic E-state index is 0.102. The summed E-state index contributed by atoms with van der Waals surface area (Å²) in [6.07, 6.45) is 17.5. The fraction of sp³-hybridized carbons (Fsp3) is 0.839. The van der Waals surface area contributed by atoms with Crippen molar-refractivity contribution in [2.45, 2.75) is 119 Å². The molecule has 33 heavy (non-hydrogen) atoms. The van der Waals surface area contributed by atoms with Gasteiger partial charge in [0.05, 0.1) is 0 Å². The molecule has 2 heteroatoms. The number of ether oxygens (including phenoxy) is 1. The molecule has 4 fully saturated rings. The van der Waals surface area contributed by atoms with E-state index >= 15 is 0 Å². The third-order valence-corrected chi connectivity index (χ3v) is 12.2. The third kappa shape index (κ3) is 3.77. The van der Waals surface area contributed by atoms with Crippen molar-refractivity contribution in [3.05, 3.63) is 24.3 Å². The quantitative estimate of drug-likeness (QED) is 0.307. The zero-order chi connectivity index (χ0) is 24.2. The summed E-state index contributed by atoms with van der Waals surface area (Å²) >= 11 is 0. The van der Waals surface area contributed by atoms with Crippen molar-refractivity contribution in [1.29, 1.82) is 0 Å². The fourth-order valence-corrected chi connectivity index (χ4v) is 10.2. The molecular weight excluding hydrogens is 404 g/mol. The lowest BCUT2D eigenvalue weighted by atomic mass is 9.35. The second-order valence-electron chi connectivity index (χ2n) is 13.6. The molecule has 0 amide bonds. The average molecular weight is 455 g/mol. The van der Waals surface area contributed by atoms with Crippen LogP contribution in [0.25, 0.3) is 0 Å². The van der Waals surface area contributed by atoms with Crippen LogP contribution in [0.15, 0.2) is 24.3 Å². The molecule has 0 aromatic rings. The minimum atomic E-state index is -0.102. The molecule has 4 aliphatic carbocycles. The van der Waals surface area contributed by atoms with Crippen LogP contribution >= 0.6 is 0 Å². The van der Waals surface area contributed by atoms with Crippen LogP contribution in [-0.4, -0.2) is 12.1 Å². The van der Waals surface area contributed by atoms with Crippen molar-refractivity contribution in [2.24, 2.45) is 45.3 Å². The Hall–Kier alpha value is -1.05. The van der Waals surface area contributed by atoms with E-state index in [0.717, 1.165) is 36.2 Å². The van der Waals surface area contributed by atoms with Gasteiger partial charge in [0.1, 0.15) is 6.10 Å². The highest BCUT2D eigenvalue weighted by Crippen LogP contribution is 2.78. The van der Waals surface area contributed by atoms with Crippen LogP contribution < -0.4 is 0 Å². The van der Waals surface area contributed by atoms with Crippen molar-refractivity contribution in [2.75, 3.05) is 0 Å². The van der Waals surface area contributed by atoms with Gasteiger partial charge in [0.15, 0.2) is 0 Å². The summed E-state index contributed by atoms with van der Waals surface area (Å²) in [7, 11) is 0. The van der Waals surface area contributed by atoms with Gasteiger partial charge in [0, 0.05) is 6.92 Å².